The highest BCUT2D eigenvalue weighted by atomic mass is 16.5. The summed E-state index contributed by atoms with van der Waals surface area (Å²) in [5.41, 5.74) is 3.25. The van der Waals surface area contributed by atoms with Crippen LogP contribution in [0.4, 0.5) is 0 Å². The summed E-state index contributed by atoms with van der Waals surface area (Å²) in [6, 6.07) is 26.2. The van der Waals surface area contributed by atoms with E-state index in [2.05, 4.69) is 6.92 Å². The first kappa shape index (κ1) is 31.1. The quantitative estimate of drug-likeness (QED) is 0.0561. The van der Waals surface area contributed by atoms with Crippen LogP contribution < -0.4 is 10.2 Å². The molecule has 216 valence electrons. The molecule has 3 aromatic carbocycles. The highest BCUT2D eigenvalue weighted by Crippen LogP contribution is 2.30. The molecular weight excluding hydrogens is 524 g/mol. The Morgan fingerprint density at radius 1 is 0.927 bits per heavy atom. The van der Waals surface area contributed by atoms with Gasteiger partial charge in [0.05, 0.1) is 19.4 Å². The molecule has 0 spiro atoms. The third kappa shape index (κ3) is 8.77. The van der Waals surface area contributed by atoms with Crippen molar-refractivity contribution in [3.8, 4) is 17.1 Å². The van der Waals surface area contributed by atoms with E-state index in [1.807, 2.05) is 30.3 Å². The van der Waals surface area contributed by atoms with E-state index >= 15 is 0 Å². The summed E-state index contributed by atoms with van der Waals surface area (Å²) in [6.07, 6.45) is 6.08. The molecule has 4 rings (SSSR count). The Morgan fingerprint density at radius 2 is 1.61 bits per heavy atom. The molecule has 9 heteroatoms. The first-order valence-electron chi connectivity index (χ1n) is 13.4. The second-order valence-electron chi connectivity index (χ2n) is 9.21. The van der Waals surface area contributed by atoms with Crippen molar-refractivity contribution in [1.82, 2.24) is 10.4 Å². The maximum atomic E-state index is 13.8. The second kappa shape index (κ2) is 16.0. The Kier molecular flexibility index (Phi) is 12.1. The van der Waals surface area contributed by atoms with Gasteiger partial charge >= 0.3 is 0 Å². The SMILES string of the molecule is CCCCCCOc1ccccc1CN(C(=O)c1ccc(-c2ccco2)cc1)C(O)(O)c1ccccc1.O=CNO. The molecule has 0 bridgehead atoms. The number of unbranched alkanes of at least 4 members (excludes halogenated alkanes) is 3. The van der Waals surface area contributed by atoms with Crippen molar-refractivity contribution in [2.45, 2.75) is 45.1 Å². The predicted molar refractivity (Wildman–Crippen MR) is 154 cm³/mol. The molecule has 2 amide bonds. The minimum absolute atomic E-state index is 0.0637. The third-order valence-corrected chi connectivity index (χ3v) is 6.33. The summed E-state index contributed by atoms with van der Waals surface area (Å²) < 4.78 is 11.5. The summed E-state index contributed by atoms with van der Waals surface area (Å²) in [5.74, 6) is -1.78. The van der Waals surface area contributed by atoms with Gasteiger partial charge in [0.15, 0.2) is 0 Å². The zero-order valence-corrected chi connectivity index (χ0v) is 23.0. The Bertz CT molecular complexity index is 1320. The number of nitrogens with one attached hydrogen (secondary N) is 1. The van der Waals surface area contributed by atoms with Crippen LogP contribution >= 0.6 is 0 Å². The number of amides is 2. The predicted octanol–water partition coefficient (Wildman–Crippen LogP) is 5.46. The number of ether oxygens (including phenoxy) is 1. The summed E-state index contributed by atoms with van der Waals surface area (Å²) in [6.45, 7) is 2.65. The van der Waals surface area contributed by atoms with Crippen molar-refractivity contribution < 1.29 is 34.2 Å². The molecule has 4 aromatic rings. The summed E-state index contributed by atoms with van der Waals surface area (Å²) >= 11 is 0. The molecule has 0 aliphatic rings. The van der Waals surface area contributed by atoms with Crippen molar-refractivity contribution in [3.05, 3.63) is 114 Å². The average Bonchev–Trinajstić information content (AvgIpc) is 3.56. The first-order valence-corrected chi connectivity index (χ1v) is 13.4. The zero-order chi connectivity index (χ0) is 29.5. The number of furan rings is 1. The Hall–Kier alpha value is -4.44. The summed E-state index contributed by atoms with van der Waals surface area (Å²) in [7, 11) is 0. The lowest BCUT2D eigenvalue weighted by Gasteiger charge is -2.36. The van der Waals surface area contributed by atoms with Crippen LogP contribution in [0.25, 0.3) is 11.3 Å². The van der Waals surface area contributed by atoms with Gasteiger partial charge in [-0.3, -0.25) is 19.7 Å². The van der Waals surface area contributed by atoms with Gasteiger partial charge in [-0.15, -0.1) is 0 Å². The minimum atomic E-state index is -2.55. The van der Waals surface area contributed by atoms with Crippen LogP contribution in [-0.2, 0) is 17.3 Å². The van der Waals surface area contributed by atoms with Gasteiger partial charge in [0.25, 0.3) is 11.8 Å². The molecule has 4 N–H and O–H groups in total. The molecule has 0 fully saturated rings. The van der Waals surface area contributed by atoms with Crippen LogP contribution in [0.5, 0.6) is 5.75 Å². The van der Waals surface area contributed by atoms with Gasteiger partial charge in [0.2, 0.25) is 6.41 Å². The van der Waals surface area contributed by atoms with Gasteiger partial charge in [-0.2, -0.15) is 0 Å². The van der Waals surface area contributed by atoms with E-state index in [-0.39, 0.29) is 18.5 Å². The van der Waals surface area contributed by atoms with Gasteiger partial charge in [0, 0.05) is 22.3 Å². The van der Waals surface area contributed by atoms with Gasteiger partial charge in [0.1, 0.15) is 11.5 Å². The molecule has 9 nitrogen and oxygen atoms in total. The van der Waals surface area contributed by atoms with Crippen LogP contribution in [0.2, 0.25) is 0 Å². The summed E-state index contributed by atoms with van der Waals surface area (Å²) in [5, 5.41) is 29.9. The van der Waals surface area contributed by atoms with Crippen LogP contribution in [0, 0.1) is 0 Å². The van der Waals surface area contributed by atoms with Crippen molar-refractivity contribution in [2.75, 3.05) is 6.61 Å². The third-order valence-electron chi connectivity index (χ3n) is 6.33. The van der Waals surface area contributed by atoms with E-state index in [0.717, 1.165) is 36.1 Å². The average molecular weight is 561 g/mol. The van der Waals surface area contributed by atoms with E-state index < -0.39 is 11.8 Å². The van der Waals surface area contributed by atoms with Crippen LogP contribution in [-0.4, -0.2) is 39.2 Å². The molecule has 1 aromatic heterocycles. The van der Waals surface area contributed by atoms with Crippen LogP contribution in [0.3, 0.4) is 0 Å². The fourth-order valence-electron chi connectivity index (χ4n) is 4.17. The smallest absolute Gasteiger partial charge is 0.278 e. The number of para-hydroxylation sites is 1. The monoisotopic (exact) mass is 560 g/mol. The molecule has 0 radical (unpaired) electrons. The minimum Gasteiger partial charge on any atom is -0.493 e. The number of rotatable bonds is 13. The Labute approximate surface area is 239 Å². The molecule has 0 unspecified atom stereocenters. The topological polar surface area (TPSA) is 132 Å². The highest BCUT2D eigenvalue weighted by Gasteiger charge is 2.38. The van der Waals surface area contributed by atoms with Crippen LogP contribution in [0.1, 0.15) is 54.1 Å². The number of nitrogens with zero attached hydrogens (tertiary/aromatic N) is 1. The number of carbonyl (C=O) groups is 2. The van der Waals surface area contributed by atoms with Gasteiger partial charge in [-0.25, -0.2) is 5.48 Å². The van der Waals surface area contributed by atoms with Crippen molar-refractivity contribution in [3.63, 3.8) is 0 Å². The zero-order valence-electron chi connectivity index (χ0n) is 23.0. The molecule has 0 aliphatic heterocycles. The van der Waals surface area contributed by atoms with E-state index in [1.165, 1.54) is 5.48 Å². The fourth-order valence-corrected chi connectivity index (χ4v) is 4.17. The molecular formula is C32H36N2O7. The number of hydrogen-bond donors (Lipinski definition) is 4. The lowest BCUT2D eigenvalue weighted by molar-refractivity contribution is -0.259. The van der Waals surface area contributed by atoms with E-state index in [9.17, 15) is 15.0 Å². The number of benzene rings is 3. The molecule has 0 aliphatic carbocycles. The highest BCUT2D eigenvalue weighted by molar-refractivity contribution is 5.95. The molecule has 0 atom stereocenters. The van der Waals surface area contributed by atoms with Gasteiger partial charge in [-0.1, -0.05) is 86.8 Å². The van der Waals surface area contributed by atoms with E-state index in [0.29, 0.717) is 29.2 Å². The molecule has 0 saturated heterocycles. The number of hydroxylamine groups is 1. The maximum absolute atomic E-state index is 13.8. The van der Waals surface area contributed by atoms with Gasteiger partial charge < -0.3 is 19.4 Å². The number of aliphatic hydroxyl groups is 2. The maximum Gasteiger partial charge on any atom is 0.278 e. The van der Waals surface area contributed by atoms with Crippen molar-refractivity contribution >= 4 is 12.3 Å². The molecule has 41 heavy (non-hydrogen) atoms. The normalized spacial score (nSPS) is 10.7. The first-order chi connectivity index (χ1) is 19.9. The molecule has 1 heterocycles. The van der Waals surface area contributed by atoms with Gasteiger partial charge in [-0.05, 0) is 36.8 Å². The molecule has 0 saturated carbocycles. The van der Waals surface area contributed by atoms with Crippen molar-refractivity contribution in [2.24, 2.45) is 0 Å². The largest absolute Gasteiger partial charge is 0.493 e. The van der Waals surface area contributed by atoms with Crippen LogP contribution in [0.15, 0.2) is 102 Å². The summed E-state index contributed by atoms with van der Waals surface area (Å²) in [4.78, 5) is 23.6. The Balaban J connectivity index is 0.00000108. The lowest BCUT2D eigenvalue weighted by Crippen LogP contribution is -2.49. The Morgan fingerprint density at radius 3 is 2.24 bits per heavy atom. The van der Waals surface area contributed by atoms with E-state index in [4.69, 9.17) is 19.2 Å². The lowest BCUT2D eigenvalue weighted by atomic mass is 10.1. The fraction of sp³-hybridized carbons (Fsp3) is 0.250. The second-order valence-corrected chi connectivity index (χ2v) is 9.21. The number of carbonyl (C=O) groups excluding carboxylic acids is 2. The standard InChI is InChI=1S/C31H33NO5.CH3NO2/c1-2-3-4-10-21-36-29-15-9-8-12-26(29)23-32(31(34,35)27-13-6-5-7-14-27)30(33)25-19-17-24(18-20-25)28-16-11-22-37-28;3-1-2-4/h5-9,11-20,22,34-35H,2-4,10,21,23H2,1H3;1,4H,(H,2,3). The number of hydrogen-bond acceptors (Lipinski definition) is 7. The van der Waals surface area contributed by atoms with E-state index in [1.54, 1.807) is 66.9 Å². The van der Waals surface area contributed by atoms with Crippen molar-refractivity contribution in [1.29, 1.82) is 0 Å².